The van der Waals surface area contributed by atoms with E-state index in [-0.39, 0.29) is 12.5 Å². The Morgan fingerprint density at radius 1 is 1.15 bits per heavy atom. The predicted molar refractivity (Wildman–Crippen MR) is 119 cm³/mol. The highest BCUT2D eigenvalue weighted by molar-refractivity contribution is 9.11. The van der Waals surface area contributed by atoms with Gasteiger partial charge in [-0.1, -0.05) is 40.2 Å². The van der Waals surface area contributed by atoms with Crippen LogP contribution in [0.2, 0.25) is 0 Å². The van der Waals surface area contributed by atoms with Gasteiger partial charge >= 0.3 is 0 Å². The highest BCUT2D eigenvalue weighted by Crippen LogP contribution is 2.34. The number of halogens is 2. The third-order valence-corrected chi connectivity index (χ3v) is 5.81. The Labute approximate surface area is 178 Å². The van der Waals surface area contributed by atoms with Gasteiger partial charge in [0.2, 0.25) is 0 Å². The number of thioether (sulfide) groups is 1. The van der Waals surface area contributed by atoms with E-state index in [1.54, 1.807) is 18.0 Å². The van der Waals surface area contributed by atoms with Crippen LogP contribution in [-0.4, -0.2) is 25.0 Å². The normalized spacial score (nSPS) is 11.1. The van der Waals surface area contributed by atoms with Crippen LogP contribution >= 0.6 is 43.6 Å². The molecule has 0 aliphatic rings. The Morgan fingerprint density at radius 3 is 2.67 bits per heavy atom. The molecule has 1 N–H and O–H groups in total. The van der Waals surface area contributed by atoms with Gasteiger partial charge in [0.25, 0.3) is 5.91 Å². The molecule has 138 valence electrons. The van der Waals surface area contributed by atoms with Gasteiger partial charge in [-0.15, -0.1) is 11.8 Å². The minimum atomic E-state index is -0.324. The van der Waals surface area contributed by atoms with Crippen molar-refractivity contribution in [3.05, 3.63) is 69.1 Å². The van der Waals surface area contributed by atoms with E-state index in [1.807, 2.05) is 60.9 Å². The van der Waals surface area contributed by atoms with Crippen molar-refractivity contribution >= 4 is 66.5 Å². The number of hydrazone groups is 1. The average Bonchev–Trinajstić information content (AvgIpc) is 2.68. The summed E-state index contributed by atoms with van der Waals surface area (Å²) in [6.07, 6.45) is 3.63. The third kappa shape index (κ3) is 5.34. The van der Waals surface area contributed by atoms with Gasteiger partial charge in [0.1, 0.15) is 5.75 Å². The molecule has 27 heavy (non-hydrogen) atoms. The van der Waals surface area contributed by atoms with E-state index in [4.69, 9.17) is 4.74 Å². The summed E-state index contributed by atoms with van der Waals surface area (Å²) in [7, 11) is 0. The summed E-state index contributed by atoms with van der Waals surface area (Å²) < 4.78 is 7.45. The third-order valence-electron chi connectivity index (χ3n) is 3.76. The lowest BCUT2D eigenvalue weighted by atomic mass is 10.1. The lowest BCUT2D eigenvalue weighted by Crippen LogP contribution is -2.24. The van der Waals surface area contributed by atoms with Gasteiger partial charge in [-0.05, 0) is 68.9 Å². The van der Waals surface area contributed by atoms with Gasteiger partial charge < -0.3 is 4.74 Å². The largest absolute Gasteiger partial charge is 0.483 e. The molecule has 4 nitrogen and oxygen atoms in total. The quantitative estimate of drug-likeness (QED) is 0.268. The van der Waals surface area contributed by atoms with E-state index in [0.717, 1.165) is 25.3 Å². The summed E-state index contributed by atoms with van der Waals surface area (Å²) in [5.74, 6) is 0.284. The summed E-state index contributed by atoms with van der Waals surface area (Å²) in [5.41, 5.74) is 3.39. The Balaban J connectivity index is 1.57. The highest BCUT2D eigenvalue weighted by atomic mass is 79.9. The molecule has 0 bridgehead atoms. The van der Waals surface area contributed by atoms with E-state index >= 15 is 0 Å². The van der Waals surface area contributed by atoms with Crippen LogP contribution in [0.3, 0.4) is 0 Å². The molecule has 0 aliphatic heterocycles. The van der Waals surface area contributed by atoms with Crippen LogP contribution in [0.25, 0.3) is 10.8 Å². The smallest absolute Gasteiger partial charge is 0.277 e. The first kappa shape index (κ1) is 19.9. The lowest BCUT2D eigenvalue weighted by Gasteiger charge is -2.10. The standard InChI is InChI=1S/C20H16Br2N2O2S/c1-27-16-6-2-13(3-7-16)11-23-24-19(25)12-26-18-9-4-14-10-15(21)5-8-17(14)20(18)22/h2-11H,12H2,1H3,(H,24,25)/b23-11+. The van der Waals surface area contributed by atoms with Crippen molar-refractivity contribution in [1.29, 1.82) is 0 Å². The Hall–Kier alpha value is -1.83. The number of fused-ring (bicyclic) bond motifs is 1. The van der Waals surface area contributed by atoms with Crippen LogP contribution in [0.4, 0.5) is 0 Å². The first-order valence-corrected chi connectivity index (χ1v) is 10.8. The molecule has 0 spiro atoms. The molecule has 0 aliphatic carbocycles. The number of nitrogens with one attached hydrogen (secondary N) is 1. The average molecular weight is 508 g/mol. The van der Waals surface area contributed by atoms with Crippen LogP contribution in [-0.2, 0) is 4.79 Å². The van der Waals surface area contributed by atoms with Crippen molar-refractivity contribution in [1.82, 2.24) is 5.43 Å². The topological polar surface area (TPSA) is 50.7 Å². The Morgan fingerprint density at radius 2 is 1.93 bits per heavy atom. The molecule has 0 unspecified atom stereocenters. The summed E-state index contributed by atoms with van der Waals surface area (Å²) in [4.78, 5) is 13.1. The zero-order valence-electron chi connectivity index (χ0n) is 14.4. The van der Waals surface area contributed by atoms with Gasteiger partial charge in [-0.3, -0.25) is 4.79 Å². The number of amides is 1. The van der Waals surface area contributed by atoms with Crippen molar-refractivity contribution in [2.24, 2.45) is 5.10 Å². The molecule has 1 amide bonds. The second-order valence-corrected chi connectivity index (χ2v) is 8.19. The molecular formula is C20H16Br2N2O2S. The number of carbonyl (C=O) groups is 1. The Bertz CT molecular complexity index is 991. The van der Waals surface area contributed by atoms with Gasteiger partial charge in [-0.25, -0.2) is 5.43 Å². The number of benzene rings is 3. The fraction of sp³-hybridized carbons (Fsp3) is 0.100. The van der Waals surface area contributed by atoms with Crippen molar-refractivity contribution < 1.29 is 9.53 Å². The van der Waals surface area contributed by atoms with Crippen LogP contribution in [0.5, 0.6) is 5.75 Å². The van der Waals surface area contributed by atoms with Crippen LogP contribution in [0, 0.1) is 0 Å². The van der Waals surface area contributed by atoms with Gasteiger partial charge in [0.15, 0.2) is 6.61 Å². The molecule has 3 rings (SSSR count). The van der Waals surface area contributed by atoms with Gasteiger partial charge in [0.05, 0.1) is 10.7 Å². The molecule has 0 saturated carbocycles. The molecule has 0 heterocycles. The van der Waals surface area contributed by atoms with Gasteiger partial charge in [0, 0.05) is 9.37 Å². The lowest BCUT2D eigenvalue weighted by molar-refractivity contribution is -0.123. The van der Waals surface area contributed by atoms with Crippen molar-refractivity contribution in [3.8, 4) is 5.75 Å². The van der Waals surface area contributed by atoms with Crippen molar-refractivity contribution in [2.45, 2.75) is 4.90 Å². The van der Waals surface area contributed by atoms with E-state index < -0.39 is 0 Å². The molecule has 0 atom stereocenters. The second-order valence-electron chi connectivity index (χ2n) is 5.60. The van der Waals surface area contributed by atoms with Crippen LogP contribution in [0.15, 0.2) is 73.5 Å². The minimum Gasteiger partial charge on any atom is -0.483 e. The maximum absolute atomic E-state index is 12.0. The summed E-state index contributed by atoms with van der Waals surface area (Å²) in [6.45, 7) is -0.122. The number of ether oxygens (including phenoxy) is 1. The second kappa shape index (κ2) is 9.39. The zero-order chi connectivity index (χ0) is 19.2. The minimum absolute atomic E-state index is 0.122. The summed E-state index contributed by atoms with van der Waals surface area (Å²) >= 11 is 8.68. The summed E-state index contributed by atoms with van der Waals surface area (Å²) in [5, 5.41) is 6.05. The van der Waals surface area contributed by atoms with E-state index in [0.29, 0.717) is 5.75 Å². The maximum Gasteiger partial charge on any atom is 0.277 e. The van der Waals surface area contributed by atoms with Crippen molar-refractivity contribution in [3.63, 3.8) is 0 Å². The van der Waals surface area contributed by atoms with Crippen LogP contribution < -0.4 is 10.2 Å². The number of rotatable bonds is 6. The molecule has 3 aromatic rings. The molecule has 7 heteroatoms. The number of hydrogen-bond donors (Lipinski definition) is 1. The number of carbonyl (C=O) groups excluding carboxylic acids is 1. The highest BCUT2D eigenvalue weighted by Gasteiger charge is 2.09. The van der Waals surface area contributed by atoms with E-state index in [1.165, 1.54) is 4.90 Å². The number of nitrogens with zero attached hydrogens (tertiary/aromatic N) is 1. The molecule has 0 radical (unpaired) electrons. The van der Waals surface area contributed by atoms with E-state index in [9.17, 15) is 4.79 Å². The first-order chi connectivity index (χ1) is 13.1. The molecule has 0 aromatic heterocycles. The molecule has 0 saturated heterocycles. The summed E-state index contributed by atoms with van der Waals surface area (Å²) in [6, 6.07) is 17.7. The first-order valence-electron chi connectivity index (χ1n) is 8.03. The SMILES string of the molecule is CSc1ccc(/C=N/NC(=O)COc2ccc3cc(Br)ccc3c2Br)cc1. The molecular weight excluding hydrogens is 492 g/mol. The van der Waals surface area contributed by atoms with Crippen molar-refractivity contribution in [2.75, 3.05) is 12.9 Å². The molecule has 0 fully saturated rings. The van der Waals surface area contributed by atoms with Crippen LogP contribution in [0.1, 0.15) is 5.56 Å². The fourth-order valence-corrected chi connectivity index (χ4v) is 3.79. The van der Waals surface area contributed by atoms with E-state index in [2.05, 4.69) is 42.4 Å². The maximum atomic E-state index is 12.0. The predicted octanol–water partition coefficient (Wildman–Crippen LogP) is 5.62. The van der Waals surface area contributed by atoms with Gasteiger partial charge in [-0.2, -0.15) is 5.10 Å². The zero-order valence-corrected chi connectivity index (χ0v) is 18.4. The number of hydrogen-bond acceptors (Lipinski definition) is 4. The Kier molecular flexibility index (Phi) is 6.93. The molecule has 3 aromatic carbocycles. The fourth-order valence-electron chi connectivity index (χ4n) is 2.40. The monoisotopic (exact) mass is 506 g/mol.